The molecule has 0 spiro atoms. The maximum atomic E-state index is 10.9. The van der Waals surface area contributed by atoms with Crippen LogP contribution >= 0.6 is 11.3 Å². The van der Waals surface area contributed by atoms with Crippen molar-refractivity contribution < 1.29 is 9.53 Å². The number of nitrogens with one attached hydrogen (secondary N) is 1. The first-order valence-electron chi connectivity index (χ1n) is 5.81. The molecular weight excluding hydrogens is 254 g/mol. The van der Waals surface area contributed by atoms with E-state index in [1.54, 1.807) is 0 Å². The molecule has 1 aliphatic rings. The number of rotatable bonds is 4. The molecule has 0 radical (unpaired) electrons. The molecule has 1 fully saturated rings. The van der Waals surface area contributed by atoms with Crippen molar-refractivity contribution in [3.05, 3.63) is 10.8 Å². The van der Waals surface area contributed by atoms with Crippen LogP contribution in [0.3, 0.4) is 0 Å². The van der Waals surface area contributed by atoms with Gasteiger partial charge in [-0.05, 0) is 12.8 Å². The Balaban J connectivity index is 1.67. The highest BCUT2D eigenvalue weighted by Gasteiger charge is 2.29. The zero-order valence-electron chi connectivity index (χ0n) is 9.92. The molecular formula is C10H13N5O2S. The van der Waals surface area contributed by atoms with Crippen LogP contribution in [0.2, 0.25) is 0 Å². The van der Waals surface area contributed by atoms with Crippen molar-refractivity contribution in [3.63, 3.8) is 0 Å². The zero-order chi connectivity index (χ0) is 12.5. The number of amides is 1. The third-order valence-corrected chi connectivity index (χ3v) is 3.75. The summed E-state index contributed by atoms with van der Waals surface area (Å²) < 4.78 is 6.33. The highest BCUT2D eigenvalue weighted by molar-refractivity contribution is 7.16. The van der Waals surface area contributed by atoms with Crippen molar-refractivity contribution in [1.29, 1.82) is 0 Å². The maximum Gasteiger partial charge on any atom is 0.406 e. The molecule has 8 heteroatoms. The van der Waals surface area contributed by atoms with Crippen LogP contribution in [-0.4, -0.2) is 39.6 Å². The van der Waals surface area contributed by atoms with E-state index in [0.29, 0.717) is 18.9 Å². The third-order valence-electron chi connectivity index (χ3n) is 2.79. The Morgan fingerprint density at radius 2 is 2.39 bits per heavy atom. The summed E-state index contributed by atoms with van der Waals surface area (Å²) in [6.45, 7) is 0.509. The SMILES string of the molecule is COC(=O)NCCc1nn2c(C3CC3)nnc2s1. The van der Waals surface area contributed by atoms with Crippen molar-refractivity contribution in [2.75, 3.05) is 13.7 Å². The van der Waals surface area contributed by atoms with E-state index in [1.165, 1.54) is 31.3 Å². The average Bonchev–Trinajstić information content (AvgIpc) is 3.01. The lowest BCUT2D eigenvalue weighted by Crippen LogP contribution is -2.25. The monoisotopic (exact) mass is 267 g/mol. The summed E-state index contributed by atoms with van der Waals surface area (Å²) in [6.07, 6.45) is 2.61. The molecule has 96 valence electrons. The predicted octanol–water partition coefficient (Wildman–Crippen LogP) is 0.962. The van der Waals surface area contributed by atoms with Gasteiger partial charge in [0, 0.05) is 18.9 Å². The zero-order valence-corrected chi connectivity index (χ0v) is 10.7. The van der Waals surface area contributed by atoms with Gasteiger partial charge in [-0.2, -0.15) is 9.61 Å². The average molecular weight is 267 g/mol. The van der Waals surface area contributed by atoms with Gasteiger partial charge < -0.3 is 10.1 Å². The van der Waals surface area contributed by atoms with Crippen LogP contribution in [0.4, 0.5) is 4.79 Å². The number of nitrogens with zero attached hydrogens (tertiary/aromatic N) is 4. The number of hydrogen-bond acceptors (Lipinski definition) is 6. The van der Waals surface area contributed by atoms with E-state index >= 15 is 0 Å². The van der Waals surface area contributed by atoms with Gasteiger partial charge in [-0.25, -0.2) is 4.79 Å². The lowest BCUT2D eigenvalue weighted by Gasteiger charge is -2.00. The molecule has 0 saturated heterocycles. The van der Waals surface area contributed by atoms with Crippen molar-refractivity contribution in [1.82, 2.24) is 25.1 Å². The van der Waals surface area contributed by atoms with E-state index in [9.17, 15) is 4.79 Å². The molecule has 0 bridgehead atoms. The molecule has 0 aromatic carbocycles. The van der Waals surface area contributed by atoms with Crippen LogP contribution in [-0.2, 0) is 11.2 Å². The van der Waals surface area contributed by atoms with E-state index < -0.39 is 6.09 Å². The normalized spacial score (nSPS) is 14.9. The second kappa shape index (κ2) is 4.52. The van der Waals surface area contributed by atoms with Gasteiger partial charge in [0.15, 0.2) is 5.82 Å². The number of carbonyl (C=O) groups excluding carboxylic acids is 1. The molecule has 3 rings (SSSR count). The first-order chi connectivity index (χ1) is 8.78. The van der Waals surface area contributed by atoms with E-state index in [1.807, 2.05) is 4.52 Å². The van der Waals surface area contributed by atoms with Crippen LogP contribution in [0.1, 0.15) is 29.6 Å². The second-order valence-electron chi connectivity index (χ2n) is 4.19. The largest absolute Gasteiger partial charge is 0.453 e. The molecule has 1 N–H and O–H groups in total. The van der Waals surface area contributed by atoms with E-state index in [0.717, 1.165) is 15.8 Å². The molecule has 2 heterocycles. The lowest BCUT2D eigenvalue weighted by atomic mass is 10.4. The number of carbonyl (C=O) groups is 1. The van der Waals surface area contributed by atoms with Crippen molar-refractivity contribution in [2.24, 2.45) is 0 Å². The number of aromatic nitrogens is 4. The summed E-state index contributed by atoms with van der Waals surface area (Å²) in [7, 11) is 1.35. The van der Waals surface area contributed by atoms with Gasteiger partial charge in [0.1, 0.15) is 5.01 Å². The summed E-state index contributed by atoms with van der Waals surface area (Å²) in [6, 6.07) is 0. The summed E-state index contributed by atoms with van der Waals surface area (Å²) in [5.74, 6) is 1.50. The molecule has 2 aromatic heterocycles. The van der Waals surface area contributed by atoms with E-state index in [2.05, 4.69) is 25.3 Å². The molecule has 0 unspecified atom stereocenters. The molecule has 1 aliphatic carbocycles. The minimum absolute atomic E-state index is 0.420. The van der Waals surface area contributed by atoms with Crippen LogP contribution < -0.4 is 5.32 Å². The van der Waals surface area contributed by atoms with Crippen molar-refractivity contribution in [3.8, 4) is 0 Å². The number of hydrogen-bond donors (Lipinski definition) is 1. The highest BCUT2D eigenvalue weighted by atomic mass is 32.1. The first-order valence-corrected chi connectivity index (χ1v) is 6.62. The van der Waals surface area contributed by atoms with Gasteiger partial charge in [0.05, 0.1) is 7.11 Å². The molecule has 1 amide bonds. The second-order valence-corrected chi connectivity index (χ2v) is 5.23. The Hall–Kier alpha value is -1.70. The number of fused-ring (bicyclic) bond motifs is 1. The van der Waals surface area contributed by atoms with Gasteiger partial charge in [-0.15, -0.1) is 10.2 Å². The lowest BCUT2D eigenvalue weighted by molar-refractivity contribution is 0.171. The van der Waals surface area contributed by atoms with Gasteiger partial charge in [-0.3, -0.25) is 0 Å². The number of alkyl carbamates (subject to hydrolysis) is 1. The van der Waals surface area contributed by atoms with E-state index in [4.69, 9.17) is 0 Å². The Kier molecular flexibility index (Phi) is 2.86. The third kappa shape index (κ3) is 2.15. The Labute approximate surface area is 107 Å². The molecule has 0 aliphatic heterocycles. The Morgan fingerprint density at radius 1 is 1.56 bits per heavy atom. The van der Waals surface area contributed by atoms with Gasteiger partial charge in [-0.1, -0.05) is 11.3 Å². The highest BCUT2D eigenvalue weighted by Crippen LogP contribution is 2.39. The molecule has 2 aromatic rings. The fraction of sp³-hybridized carbons (Fsp3) is 0.600. The molecule has 7 nitrogen and oxygen atoms in total. The van der Waals surface area contributed by atoms with Crippen molar-refractivity contribution >= 4 is 22.4 Å². The summed E-state index contributed by atoms with van der Waals surface area (Å²) in [5, 5.41) is 16.3. The maximum absolute atomic E-state index is 10.9. The minimum Gasteiger partial charge on any atom is -0.453 e. The van der Waals surface area contributed by atoms with Crippen LogP contribution in [0.25, 0.3) is 4.96 Å². The topological polar surface area (TPSA) is 81.4 Å². The summed E-state index contributed by atoms with van der Waals surface area (Å²) in [4.78, 5) is 11.7. The van der Waals surface area contributed by atoms with Crippen LogP contribution in [0.5, 0.6) is 0 Å². The molecule has 18 heavy (non-hydrogen) atoms. The summed E-state index contributed by atoms with van der Waals surface area (Å²) in [5.41, 5.74) is 0. The number of ether oxygens (including phenoxy) is 1. The Morgan fingerprint density at radius 3 is 3.11 bits per heavy atom. The smallest absolute Gasteiger partial charge is 0.406 e. The van der Waals surface area contributed by atoms with Crippen molar-refractivity contribution in [2.45, 2.75) is 25.2 Å². The quantitative estimate of drug-likeness (QED) is 0.892. The molecule has 0 atom stereocenters. The first kappa shape index (κ1) is 11.4. The summed E-state index contributed by atoms with van der Waals surface area (Å²) >= 11 is 1.51. The Bertz CT molecular complexity index is 574. The van der Waals surface area contributed by atoms with Crippen LogP contribution in [0, 0.1) is 0 Å². The van der Waals surface area contributed by atoms with Gasteiger partial charge in [0.2, 0.25) is 4.96 Å². The molecule has 1 saturated carbocycles. The van der Waals surface area contributed by atoms with Gasteiger partial charge in [0.25, 0.3) is 0 Å². The van der Waals surface area contributed by atoms with Gasteiger partial charge >= 0.3 is 6.09 Å². The predicted molar refractivity (Wildman–Crippen MR) is 64.7 cm³/mol. The van der Waals surface area contributed by atoms with E-state index in [-0.39, 0.29) is 0 Å². The fourth-order valence-corrected chi connectivity index (χ4v) is 2.55. The number of methoxy groups -OCH3 is 1. The van der Waals surface area contributed by atoms with Crippen LogP contribution in [0.15, 0.2) is 0 Å². The minimum atomic E-state index is -0.420. The fourth-order valence-electron chi connectivity index (χ4n) is 1.71. The standard InChI is InChI=1S/C10H13N5O2S/c1-17-10(16)11-5-4-7-14-15-8(6-2-3-6)12-13-9(15)18-7/h6H,2-5H2,1H3,(H,11,16).